The maximum Gasteiger partial charge on any atom is 0.377 e. The van der Waals surface area contributed by atoms with Gasteiger partial charge in [-0.25, -0.2) is 4.79 Å². The Kier molecular flexibility index (Phi) is 3.79. The van der Waals surface area contributed by atoms with Crippen LogP contribution in [-0.2, 0) is 14.3 Å². The van der Waals surface area contributed by atoms with Crippen LogP contribution in [-0.4, -0.2) is 43.5 Å². The molecule has 5 nitrogen and oxygen atoms in total. The van der Waals surface area contributed by atoms with E-state index in [1.807, 2.05) is 0 Å². The highest BCUT2D eigenvalue weighted by atomic mass is 19.3. The minimum absolute atomic E-state index is 0.0376. The van der Waals surface area contributed by atoms with Crippen molar-refractivity contribution in [2.24, 2.45) is 0 Å². The highest BCUT2D eigenvalue weighted by Crippen LogP contribution is 2.30. The molecule has 92 valence electrons. The van der Waals surface area contributed by atoms with Crippen LogP contribution < -0.4 is 10.6 Å². The number of ether oxygens (including phenoxy) is 1. The Morgan fingerprint density at radius 3 is 2.75 bits per heavy atom. The van der Waals surface area contributed by atoms with E-state index in [4.69, 9.17) is 0 Å². The normalized spacial score (nSPS) is 25.0. The summed E-state index contributed by atoms with van der Waals surface area (Å²) in [5.74, 6) is -5.15. The lowest BCUT2D eigenvalue weighted by molar-refractivity contribution is -0.159. The Hall–Kier alpha value is -1.24. The number of esters is 1. The minimum atomic E-state index is -3.40. The van der Waals surface area contributed by atoms with E-state index >= 15 is 0 Å². The molecule has 1 heterocycles. The summed E-state index contributed by atoms with van der Waals surface area (Å²) in [5, 5.41) is 5.12. The molecule has 0 saturated carbocycles. The highest BCUT2D eigenvalue weighted by molar-refractivity contribution is 5.81. The summed E-state index contributed by atoms with van der Waals surface area (Å²) in [6.45, 7) is 1.63. The van der Waals surface area contributed by atoms with Gasteiger partial charge in [0.2, 0.25) is 5.91 Å². The van der Waals surface area contributed by atoms with Crippen molar-refractivity contribution in [2.45, 2.75) is 31.4 Å². The molecule has 0 aliphatic carbocycles. The van der Waals surface area contributed by atoms with Crippen molar-refractivity contribution in [2.75, 3.05) is 13.6 Å². The number of carbonyl (C=O) groups is 2. The zero-order valence-corrected chi connectivity index (χ0v) is 9.05. The monoisotopic (exact) mass is 236 g/mol. The summed E-state index contributed by atoms with van der Waals surface area (Å²) in [5.41, 5.74) is 0. The fraction of sp³-hybridized carbons (Fsp3) is 0.778. The van der Waals surface area contributed by atoms with Gasteiger partial charge in [0.15, 0.2) is 0 Å². The van der Waals surface area contributed by atoms with E-state index in [1.54, 1.807) is 6.92 Å². The number of halogens is 2. The Labute approximate surface area is 91.5 Å². The molecule has 2 unspecified atom stereocenters. The van der Waals surface area contributed by atoms with Crippen LogP contribution in [0.4, 0.5) is 8.78 Å². The molecular weight excluding hydrogens is 222 g/mol. The van der Waals surface area contributed by atoms with E-state index in [2.05, 4.69) is 15.4 Å². The molecule has 1 aliphatic heterocycles. The minimum Gasteiger partial charge on any atom is -0.456 e. The van der Waals surface area contributed by atoms with Gasteiger partial charge in [-0.15, -0.1) is 0 Å². The molecule has 0 aromatic rings. The zero-order chi connectivity index (χ0) is 12.3. The van der Waals surface area contributed by atoms with Gasteiger partial charge in [0.1, 0.15) is 6.10 Å². The summed E-state index contributed by atoms with van der Waals surface area (Å²) in [7, 11) is 1.48. The van der Waals surface area contributed by atoms with Gasteiger partial charge in [-0.1, -0.05) is 0 Å². The van der Waals surface area contributed by atoms with Crippen LogP contribution in [0.15, 0.2) is 0 Å². The summed E-state index contributed by atoms with van der Waals surface area (Å²) < 4.78 is 30.0. The molecule has 1 amide bonds. The van der Waals surface area contributed by atoms with Crippen LogP contribution in [0.3, 0.4) is 0 Å². The van der Waals surface area contributed by atoms with Crippen molar-refractivity contribution in [3.63, 3.8) is 0 Å². The van der Waals surface area contributed by atoms with Crippen LogP contribution in [0.2, 0.25) is 0 Å². The molecule has 16 heavy (non-hydrogen) atoms. The van der Waals surface area contributed by atoms with E-state index in [0.717, 1.165) is 0 Å². The standard InChI is InChI=1S/C9H14F2N2O3/c1-5(7(14)12-2)13-4-6-3-9(10,11)8(15)16-6/h5-6,13H,3-4H2,1-2H3,(H,12,14). The van der Waals surface area contributed by atoms with Gasteiger partial charge in [0.05, 0.1) is 12.5 Å². The van der Waals surface area contributed by atoms with E-state index in [0.29, 0.717) is 0 Å². The first-order valence-corrected chi connectivity index (χ1v) is 4.90. The van der Waals surface area contributed by atoms with Crippen molar-refractivity contribution >= 4 is 11.9 Å². The largest absolute Gasteiger partial charge is 0.456 e. The van der Waals surface area contributed by atoms with Crippen LogP contribution in [0.5, 0.6) is 0 Å². The second kappa shape index (κ2) is 4.73. The number of hydrogen-bond acceptors (Lipinski definition) is 4. The average molecular weight is 236 g/mol. The fourth-order valence-corrected chi connectivity index (χ4v) is 1.38. The number of hydrogen-bond donors (Lipinski definition) is 2. The van der Waals surface area contributed by atoms with Crippen molar-refractivity contribution in [3.8, 4) is 0 Å². The Morgan fingerprint density at radius 1 is 1.69 bits per heavy atom. The number of amides is 1. The molecule has 0 aromatic heterocycles. The van der Waals surface area contributed by atoms with Crippen LogP contribution in [0.25, 0.3) is 0 Å². The molecular formula is C9H14F2N2O3. The van der Waals surface area contributed by atoms with Gasteiger partial charge in [-0.2, -0.15) is 8.78 Å². The summed E-state index contributed by atoms with van der Waals surface area (Å²) in [6, 6.07) is -0.516. The van der Waals surface area contributed by atoms with Crippen molar-refractivity contribution in [3.05, 3.63) is 0 Å². The van der Waals surface area contributed by atoms with E-state index in [9.17, 15) is 18.4 Å². The number of nitrogens with one attached hydrogen (secondary N) is 2. The van der Waals surface area contributed by atoms with Crippen molar-refractivity contribution in [1.29, 1.82) is 0 Å². The first-order valence-electron chi connectivity index (χ1n) is 4.90. The van der Waals surface area contributed by atoms with Gasteiger partial charge < -0.3 is 15.4 Å². The molecule has 1 rings (SSSR count). The molecule has 1 aliphatic rings. The van der Waals surface area contributed by atoms with Gasteiger partial charge >= 0.3 is 11.9 Å². The number of likely N-dealkylation sites (N-methyl/N-ethyl adjacent to an activating group) is 1. The molecule has 0 radical (unpaired) electrons. The molecule has 0 bridgehead atoms. The lowest BCUT2D eigenvalue weighted by Crippen LogP contribution is -2.43. The summed E-state index contributed by atoms with van der Waals surface area (Å²) in [6.07, 6.45) is -1.52. The van der Waals surface area contributed by atoms with Crippen LogP contribution in [0.1, 0.15) is 13.3 Å². The van der Waals surface area contributed by atoms with Gasteiger partial charge in [-0.3, -0.25) is 4.79 Å². The van der Waals surface area contributed by atoms with Crippen molar-refractivity contribution < 1.29 is 23.1 Å². The average Bonchev–Trinajstić information content (AvgIpc) is 2.48. The predicted molar refractivity (Wildman–Crippen MR) is 51.0 cm³/mol. The van der Waals surface area contributed by atoms with E-state index < -0.39 is 30.5 Å². The van der Waals surface area contributed by atoms with Crippen molar-refractivity contribution in [1.82, 2.24) is 10.6 Å². The third-order valence-electron chi connectivity index (χ3n) is 2.35. The second-order valence-electron chi connectivity index (χ2n) is 3.68. The highest BCUT2D eigenvalue weighted by Gasteiger charge is 2.50. The second-order valence-corrected chi connectivity index (χ2v) is 3.68. The molecule has 7 heteroatoms. The number of rotatable bonds is 4. The third kappa shape index (κ3) is 2.88. The molecule has 2 atom stereocenters. The zero-order valence-electron chi connectivity index (χ0n) is 9.05. The van der Waals surface area contributed by atoms with Crippen LogP contribution >= 0.6 is 0 Å². The number of carbonyl (C=O) groups excluding carboxylic acids is 2. The molecule has 1 saturated heterocycles. The molecule has 1 fully saturated rings. The van der Waals surface area contributed by atoms with E-state index in [-0.39, 0.29) is 12.5 Å². The molecule has 2 N–H and O–H groups in total. The number of alkyl halides is 2. The Bertz CT molecular complexity index is 296. The van der Waals surface area contributed by atoms with Gasteiger partial charge in [0.25, 0.3) is 0 Å². The Morgan fingerprint density at radius 2 is 2.31 bits per heavy atom. The first-order chi connectivity index (χ1) is 7.36. The van der Waals surface area contributed by atoms with Gasteiger partial charge in [0, 0.05) is 13.6 Å². The smallest absolute Gasteiger partial charge is 0.377 e. The molecule has 0 spiro atoms. The summed E-state index contributed by atoms with van der Waals surface area (Å²) >= 11 is 0. The predicted octanol–water partition coefficient (Wildman–Crippen LogP) is -0.339. The first kappa shape index (κ1) is 12.8. The lowest BCUT2D eigenvalue weighted by atomic mass is 10.2. The maximum atomic E-state index is 12.8. The van der Waals surface area contributed by atoms with Gasteiger partial charge in [-0.05, 0) is 6.92 Å². The maximum absolute atomic E-state index is 12.8. The quantitative estimate of drug-likeness (QED) is 0.655. The van der Waals surface area contributed by atoms with Crippen LogP contribution in [0, 0.1) is 0 Å². The Balaban J connectivity index is 2.36. The topological polar surface area (TPSA) is 67.4 Å². The number of cyclic esters (lactones) is 1. The summed E-state index contributed by atoms with van der Waals surface area (Å²) in [4.78, 5) is 21.7. The fourth-order valence-electron chi connectivity index (χ4n) is 1.38. The third-order valence-corrected chi connectivity index (χ3v) is 2.35. The SMILES string of the molecule is CNC(=O)C(C)NCC1CC(F)(F)C(=O)O1. The lowest BCUT2D eigenvalue weighted by Gasteiger charge is -2.14. The van der Waals surface area contributed by atoms with E-state index in [1.165, 1.54) is 7.05 Å². The molecule has 0 aromatic carbocycles.